The lowest BCUT2D eigenvalue weighted by molar-refractivity contribution is -0.137. The highest BCUT2D eigenvalue weighted by Crippen LogP contribution is 2.31. The first-order valence-corrected chi connectivity index (χ1v) is 7.06. The van der Waals surface area contributed by atoms with Crippen molar-refractivity contribution >= 4 is 5.91 Å². The quantitative estimate of drug-likeness (QED) is 0.873. The molecule has 6 heteroatoms. The van der Waals surface area contributed by atoms with E-state index in [-0.39, 0.29) is 18.9 Å². The van der Waals surface area contributed by atoms with Crippen molar-refractivity contribution < 1.29 is 22.7 Å². The maximum Gasteiger partial charge on any atom is 0.416 e. The molecule has 1 N–H and O–H groups in total. The van der Waals surface area contributed by atoms with Crippen LogP contribution < -0.4 is 10.1 Å². The molecule has 0 aliphatic rings. The molecule has 0 radical (unpaired) electrons. The van der Waals surface area contributed by atoms with Crippen LogP contribution in [0.15, 0.2) is 54.6 Å². The van der Waals surface area contributed by atoms with E-state index in [1.165, 1.54) is 12.1 Å². The smallest absolute Gasteiger partial charge is 0.416 e. The number of rotatable bonds is 4. The fourth-order valence-corrected chi connectivity index (χ4v) is 1.77. The normalized spacial score (nSPS) is 10.5. The predicted octanol–water partition coefficient (Wildman–Crippen LogP) is 3.25. The van der Waals surface area contributed by atoms with Crippen LogP contribution in [-0.4, -0.2) is 19.1 Å². The van der Waals surface area contributed by atoms with Gasteiger partial charge in [-0.05, 0) is 30.3 Å². The molecule has 24 heavy (non-hydrogen) atoms. The van der Waals surface area contributed by atoms with Crippen molar-refractivity contribution in [3.8, 4) is 17.6 Å². The highest BCUT2D eigenvalue weighted by atomic mass is 19.4. The van der Waals surface area contributed by atoms with Gasteiger partial charge in [-0.15, -0.1) is 0 Å². The first kappa shape index (κ1) is 17.4. The third kappa shape index (κ3) is 5.69. The highest BCUT2D eigenvalue weighted by molar-refractivity contribution is 5.77. The Morgan fingerprint density at radius 3 is 2.54 bits per heavy atom. The Balaban J connectivity index is 1.79. The molecule has 3 nitrogen and oxygen atoms in total. The molecule has 2 aromatic carbocycles. The summed E-state index contributed by atoms with van der Waals surface area (Å²) in [5.41, 5.74) is 0.00102. The van der Waals surface area contributed by atoms with Crippen molar-refractivity contribution in [1.29, 1.82) is 0 Å². The molecule has 0 spiro atoms. The monoisotopic (exact) mass is 333 g/mol. The minimum atomic E-state index is -4.45. The van der Waals surface area contributed by atoms with E-state index in [1.807, 2.05) is 30.3 Å². The Kier molecular flexibility index (Phi) is 5.85. The molecule has 0 fully saturated rings. The van der Waals surface area contributed by atoms with Gasteiger partial charge in [0.15, 0.2) is 6.61 Å². The molecule has 0 bridgehead atoms. The average molecular weight is 333 g/mol. The summed E-state index contributed by atoms with van der Waals surface area (Å²) in [6.45, 7) is -0.256. The molecular formula is C18H14F3NO2. The van der Waals surface area contributed by atoms with Gasteiger partial charge in [0, 0.05) is 5.56 Å². The molecule has 0 saturated heterocycles. The molecule has 0 unspecified atom stereocenters. The number of ether oxygens (including phenoxy) is 1. The minimum absolute atomic E-state index is 0.0182. The van der Waals surface area contributed by atoms with Crippen molar-refractivity contribution in [1.82, 2.24) is 5.32 Å². The molecule has 1 amide bonds. The van der Waals surface area contributed by atoms with Gasteiger partial charge in [0.05, 0.1) is 12.1 Å². The molecule has 0 aliphatic heterocycles. The number of nitrogens with one attached hydrogen (secondary N) is 1. The van der Waals surface area contributed by atoms with E-state index < -0.39 is 17.6 Å². The first-order chi connectivity index (χ1) is 11.4. The maximum atomic E-state index is 12.6. The number of halogens is 3. The largest absolute Gasteiger partial charge is 0.484 e. The SMILES string of the molecule is O=C(COc1cccc(C(F)(F)F)c1)NCC#Cc1ccccc1. The number of carbonyl (C=O) groups is 1. The van der Waals surface area contributed by atoms with E-state index in [2.05, 4.69) is 17.2 Å². The number of alkyl halides is 3. The zero-order valence-corrected chi connectivity index (χ0v) is 12.6. The third-order valence-corrected chi connectivity index (χ3v) is 2.91. The minimum Gasteiger partial charge on any atom is -0.484 e. The van der Waals surface area contributed by atoms with E-state index in [9.17, 15) is 18.0 Å². The number of hydrogen-bond acceptors (Lipinski definition) is 2. The van der Waals surface area contributed by atoms with Gasteiger partial charge in [0.2, 0.25) is 0 Å². The Hall–Kier alpha value is -2.94. The molecule has 2 rings (SSSR count). The van der Waals surface area contributed by atoms with Crippen LogP contribution in [0.3, 0.4) is 0 Å². The predicted molar refractivity (Wildman–Crippen MR) is 83.3 cm³/mol. The molecule has 0 aromatic heterocycles. The summed E-state index contributed by atoms with van der Waals surface area (Å²) in [6, 6.07) is 13.6. The fourth-order valence-electron chi connectivity index (χ4n) is 1.77. The van der Waals surface area contributed by atoms with Crippen molar-refractivity contribution in [2.24, 2.45) is 0 Å². The van der Waals surface area contributed by atoms with Crippen molar-refractivity contribution in [3.05, 3.63) is 65.7 Å². The Morgan fingerprint density at radius 1 is 1.08 bits per heavy atom. The number of carbonyl (C=O) groups excluding carboxylic acids is 1. The molecule has 0 aliphatic carbocycles. The lowest BCUT2D eigenvalue weighted by Crippen LogP contribution is -2.29. The second kappa shape index (κ2) is 8.06. The topological polar surface area (TPSA) is 38.3 Å². The van der Waals surface area contributed by atoms with E-state index in [4.69, 9.17) is 4.74 Å². The summed E-state index contributed by atoms with van der Waals surface area (Å²) in [6.07, 6.45) is -4.45. The second-order valence-electron chi connectivity index (χ2n) is 4.76. The van der Waals surface area contributed by atoms with Crippen LogP contribution in [0.4, 0.5) is 13.2 Å². The molecule has 0 saturated carbocycles. The third-order valence-electron chi connectivity index (χ3n) is 2.91. The summed E-state index contributed by atoms with van der Waals surface area (Å²) < 4.78 is 42.7. The fraction of sp³-hybridized carbons (Fsp3) is 0.167. The van der Waals surface area contributed by atoms with Crippen LogP contribution in [0.1, 0.15) is 11.1 Å². The lowest BCUT2D eigenvalue weighted by Gasteiger charge is -2.09. The highest BCUT2D eigenvalue weighted by Gasteiger charge is 2.30. The zero-order chi connectivity index (χ0) is 17.4. The Labute approximate surface area is 137 Å². The van der Waals surface area contributed by atoms with Crippen LogP contribution in [0.25, 0.3) is 0 Å². The molecule has 124 valence electrons. The second-order valence-corrected chi connectivity index (χ2v) is 4.76. The van der Waals surface area contributed by atoms with Gasteiger partial charge in [-0.3, -0.25) is 4.79 Å². The number of amides is 1. The van der Waals surface area contributed by atoms with Crippen LogP contribution in [0, 0.1) is 11.8 Å². The zero-order valence-electron chi connectivity index (χ0n) is 12.6. The van der Waals surface area contributed by atoms with Gasteiger partial charge in [0.1, 0.15) is 5.75 Å². The van der Waals surface area contributed by atoms with Crippen LogP contribution >= 0.6 is 0 Å². The van der Waals surface area contributed by atoms with E-state index in [1.54, 1.807) is 0 Å². The molecule has 0 atom stereocenters. The standard InChI is InChI=1S/C18H14F3NO2/c19-18(20,21)15-9-4-10-16(12-15)24-13-17(23)22-11-5-8-14-6-2-1-3-7-14/h1-4,6-7,9-10,12H,11,13H2,(H,22,23). The van der Waals surface area contributed by atoms with Crippen LogP contribution in [-0.2, 0) is 11.0 Å². The summed E-state index contributed by atoms with van der Waals surface area (Å²) in [4.78, 5) is 11.6. The molecule has 2 aromatic rings. The van der Waals surface area contributed by atoms with Gasteiger partial charge >= 0.3 is 6.18 Å². The first-order valence-electron chi connectivity index (χ1n) is 7.06. The number of benzene rings is 2. The van der Waals surface area contributed by atoms with Gasteiger partial charge in [0.25, 0.3) is 5.91 Å². The summed E-state index contributed by atoms with van der Waals surface area (Å²) in [5, 5.41) is 2.51. The summed E-state index contributed by atoms with van der Waals surface area (Å²) in [5.74, 6) is 5.16. The van der Waals surface area contributed by atoms with E-state index >= 15 is 0 Å². The molecule has 0 heterocycles. The van der Waals surface area contributed by atoms with Crippen molar-refractivity contribution in [2.75, 3.05) is 13.2 Å². The maximum absolute atomic E-state index is 12.6. The Bertz CT molecular complexity index is 746. The summed E-state index contributed by atoms with van der Waals surface area (Å²) in [7, 11) is 0. The van der Waals surface area contributed by atoms with E-state index in [0.29, 0.717) is 0 Å². The van der Waals surface area contributed by atoms with Gasteiger partial charge in [-0.1, -0.05) is 36.1 Å². The average Bonchev–Trinajstić information content (AvgIpc) is 2.57. The van der Waals surface area contributed by atoms with Crippen molar-refractivity contribution in [3.63, 3.8) is 0 Å². The Morgan fingerprint density at radius 2 is 1.83 bits per heavy atom. The van der Waals surface area contributed by atoms with Gasteiger partial charge in [-0.25, -0.2) is 0 Å². The lowest BCUT2D eigenvalue weighted by atomic mass is 10.2. The van der Waals surface area contributed by atoms with Gasteiger partial charge in [-0.2, -0.15) is 13.2 Å². The van der Waals surface area contributed by atoms with E-state index in [0.717, 1.165) is 17.7 Å². The van der Waals surface area contributed by atoms with Crippen LogP contribution in [0.5, 0.6) is 5.75 Å². The van der Waals surface area contributed by atoms with Crippen molar-refractivity contribution in [2.45, 2.75) is 6.18 Å². The number of hydrogen-bond donors (Lipinski definition) is 1. The summed E-state index contributed by atoms with van der Waals surface area (Å²) >= 11 is 0. The van der Waals surface area contributed by atoms with Crippen LogP contribution in [0.2, 0.25) is 0 Å². The van der Waals surface area contributed by atoms with Gasteiger partial charge < -0.3 is 10.1 Å². The molecular weight excluding hydrogens is 319 g/mol.